The summed E-state index contributed by atoms with van der Waals surface area (Å²) in [7, 11) is -1.90. The van der Waals surface area contributed by atoms with E-state index in [1.54, 1.807) is 25.3 Å². The number of nitrogens with zero attached hydrogens (tertiary/aromatic N) is 1. The third-order valence-corrected chi connectivity index (χ3v) is 5.21. The molecule has 1 heterocycles. The molecule has 6 nitrogen and oxygen atoms in total. The van der Waals surface area contributed by atoms with Crippen LogP contribution >= 0.6 is 0 Å². The number of nitrogen functional groups attached to an aromatic ring is 1. The second kappa shape index (κ2) is 7.11. The van der Waals surface area contributed by atoms with Crippen molar-refractivity contribution in [1.29, 1.82) is 0 Å². The van der Waals surface area contributed by atoms with Crippen LogP contribution in [0.4, 0.5) is 5.69 Å². The number of nitrogens with one attached hydrogen (secondary N) is 1. The van der Waals surface area contributed by atoms with Crippen LogP contribution in [0.15, 0.2) is 18.2 Å². The van der Waals surface area contributed by atoms with Crippen LogP contribution in [-0.2, 0) is 16.8 Å². The maximum atomic E-state index is 12.3. The minimum absolute atomic E-state index is 0.174. The number of hydrogen-bond donors (Lipinski definition) is 2. The van der Waals surface area contributed by atoms with Gasteiger partial charge in [-0.15, -0.1) is 0 Å². The Labute approximate surface area is 126 Å². The highest BCUT2D eigenvalue weighted by Gasteiger charge is 2.22. The van der Waals surface area contributed by atoms with Crippen LogP contribution < -0.4 is 15.2 Å². The molecular formula is C14H23N3O3S. The van der Waals surface area contributed by atoms with Gasteiger partial charge in [-0.05, 0) is 31.0 Å². The smallest absolute Gasteiger partial charge is 0.279 e. The maximum Gasteiger partial charge on any atom is 0.279 e. The molecule has 1 aliphatic rings. The largest absolute Gasteiger partial charge is 0.496 e. The van der Waals surface area contributed by atoms with Gasteiger partial charge in [0.1, 0.15) is 5.75 Å². The first kappa shape index (κ1) is 16.1. The van der Waals surface area contributed by atoms with Crippen LogP contribution in [0.2, 0.25) is 0 Å². The Morgan fingerprint density at radius 3 is 2.52 bits per heavy atom. The fourth-order valence-electron chi connectivity index (χ4n) is 2.48. The molecule has 0 spiro atoms. The van der Waals surface area contributed by atoms with Crippen molar-refractivity contribution in [2.75, 3.05) is 25.9 Å². The number of methoxy groups -OCH3 is 1. The summed E-state index contributed by atoms with van der Waals surface area (Å²) in [4.78, 5) is 0. The normalized spacial score (nSPS) is 17.4. The Balaban J connectivity index is 2.05. The van der Waals surface area contributed by atoms with E-state index >= 15 is 0 Å². The molecule has 3 N–H and O–H groups in total. The molecule has 21 heavy (non-hydrogen) atoms. The molecule has 1 aromatic carbocycles. The lowest BCUT2D eigenvalue weighted by atomic mass is 10.2. The molecule has 0 aliphatic carbocycles. The lowest BCUT2D eigenvalue weighted by molar-refractivity contribution is 0.404. The number of hydrogen-bond acceptors (Lipinski definition) is 4. The highest BCUT2D eigenvalue weighted by Crippen LogP contribution is 2.21. The third kappa shape index (κ3) is 4.33. The van der Waals surface area contributed by atoms with Gasteiger partial charge in [0.15, 0.2) is 0 Å². The number of benzene rings is 1. The summed E-state index contributed by atoms with van der Waals surface area (Å²) in [5.74, 6) is 0.628. The van der Waals surface area contributed by atoms with Crippen LogP contribution in [0.3, 0.4) is 0 Å². The Hall–Kier alpha value is -1.31. The van der Waals surface area contributed by atoms with Crippen molar-refractivity contribution in [1.82, 2.24) is 9.03 Å². The molecule has 0 radical (unpaired) electrons. The van der Waals surface area contributed by atoms with E-state index in [0.29, 0.717) is 24.5 Å². The Bertz CT molecular complexity index is 567. The Kier molecular flexibility index (Phi) is 5.44. The van der Waals surface area contributed by atoms with E-state index in [1.807, 2.05) is 0 Å². The van der Waals surface area contributed by atoms with Gasteiger partial charge in [0.2, 0.25) is 0 Å². The zero-order chi connectivity index (χ0) is 15.3. The van der Waals surface area contributed by atoms with E-state index < -0.39 is 10.2 Å². The molecule has 1 saturated heterocycles. The molecule has 2 rings (SSSR count). The van der Waals surface area contributed by atoms with Crippen molar-refractivity contribution < 1.29 is 13.2 Å². The minimum atomic E-state index is -3.46. The van der Waals surface area contributed by atoms with Gasteiger partial charge >= 0.3 is 0 Å². The number of anilines is 1. The van der Waals surface area contributed by atoms with Gasteiger partial charge in [-0.1, -0.05) is 12.8 Å². The fraction of sp³-hybridized carbons (Fsp3) is 0.571. The summed E-state index contributed by atoms with van der Waals surface area (Å²) in [5.41, 5.74) is 7.06. The van der Waals surface area contributed by atoms with Crippen molar-refractivity contribution >= 4 is 15.9 Å². The highest BCUT2D eigenvalue weighted by molar-refractivity contribution is 7.87. The van der Waals surface area contributed by atoms with Crippen molar-refractivity contribution in [2.45, 2.75) is 32.2 Å². The van der Waals surface area contributed by atoms with Gasteiger partial charge in [-0.2, -0.15) is 17.4 Å². The molecule has 7 heteroatoms. The van der Waals surface area contributed by atoms with Crippen LogP contribution in [0.1, 0.15) is 31.2 Å². The van der Waals surface area contributed by atoms with E-state index in [-0.39, 0.29) is 6.54 Å². The standard InChI is InChI=1S/C14H23N3O3S/c1-20-14-7-6-13(15)10-12(14)11-16-21(18,19)17-8-4-2-3-5-9-17/h6-7,10,16H,2-5,8-9,11,15H2,1H3. The first-order valence-corrected chi connectivity index (χ1v) is 8.64. The van der Waals surface area contributed by atoms with E-state index in [4.69, 9.17) is 10.5 Å². The molecule has 0 saturated carbocycles. The predicted octanol–water partition coefficient (Wildman–Crippen LogP) is 1.49. The molecular weight excluding hydrogens is 290 g/mol. The lowest BCUT2D eigenvalue weighted by Gasteiger charge is -2.20. The van der Waals surface area contributed by atoms with Crippen molar-refractivity contribution in [3.8, 4) is 5.75 Å². The molecule has 0 bridgehead atoms. The number of rotatable bonds is 5. The summed E-state index contributed by atoms with van der Waals surface area (Å²) in [6.07, 6.45) is 4.02. The van der Waals surface area contributed by atoms with Crippen LogP contribution in [-0.4, -0.2) is 32.9 Å². The highest BCUT2D eigenvalue weighted by atomic mass is 32.2. The predicted molar refractivity (Wildman–Crippen MR) is 83.2 cm³/mol. The number of nitrogens with two attached hydrogens (primary N) is 1. The second-order valence-corrected chi connectivity index (χ2v) is 6.97. The first-order chi connectivity index (χ1) is 10.0. The topological polar surface area (TPSA) is 84.7 Å². The van der Waals surface area contributed by atoms with E-state index in [9.17, 15) is 8.42 Å². The van der Waals surface area contributed by atoms with Gasteiger partial charge in [0.25, 0.3) is 10.2 Å². The summed E-state index contributed by atoms with van der Waals surface area (Å²) in [5, 5.41) is 0. The van der Waals surface area contributed by atoms with Gasteiger partial charge < -0.3 is 10.5 Å². The minimum Gasteiger partial charge on any atom is -0.496 e. The fourth-order valence-corrected chi connectivity index (χ4v) is 3.74. The summed E-state index contributed by atoms with van der Waals surface area (Å²) >= 11 is 0. The van der Waals surface area contributed by atoms with Gasteiger partial charge in [-0.3, -0.25) is 0 Å². The number of ether oxygens (including phenoxy) is 1. The van der Waals surface area contributed by atoms with Crippen molar-refractivity contribution in [2.24, 2.45) is 0 Å². The molecule has 1 aliphatic heterocycles. The van der Waals surface area contributed by atoms with Gasteiger partial charge in [-0.25, -0.2) is 0 Å². The molecule has 0 unspecified atom stereocenters. The lowest BCUT2D eigenvalue weighted by Crippen LogP contribution is -2.40. The zero-order valence-corrected chi connectivity index (χ0v) is 13.2. The first-order valence-electron chi connectivity index (χ1n) is 7.20. The van der Waals surface area contributed by atoms with Gasteiger partial charge in [0, 0.05) is 30.9 Å². The summed E-state index contributed by atoms with van der Waals surface area (Å²) in [6, 6.07) is 5.19. The van der Waals surface area contributed by atoms with Crippen LogP contribution in [0, 0.1) is 0 Å². The average Bonchev–Trinajstić information content (AvgIpc) is 2.75. The third-order valence-electron chi connectivity index (χ3n) is 3.65. The van der Waals surface area contributed by atoms with E-state index in [0.717, 1.165) is 31.2 Å². The Morgan fingerprint density at radius 1 is 1.24 bits per heavy atom. The zero-order valence-electron chi connectivity index (χ0n) is 12.3. The molecule has 0 aromatic heterocycles. The van der Waals surface area contributed by atoms with Crippen LogP contribution in [0.25, 0.3) is 0 Å². The second-order valence-electron chi connectivity index (χ2n) is 5.21. The van der Waals surface area contributed by atoms with Crippen molar-refractivity contribution in [3.05, 3.63) is 23.8 Å². The van der Waals surface area contributed by atoms with Crippen LogP contribution in [0.5, 0.6) is 5.75 Å². The SMILES string of the molecule is COc1ccc(N)cc1CNS(=O)(=O)N1CCCCCC1. The Morgan fingerprint density at radius 2 is 1.90 bits per heavy atom. The monoisotopic (exact) mass is 313 g/mol. The van der Waals surface area contributed by atoms with E-state index in [1.165, 1.54) is 4.31 Å². The van der Waals surface area contributed by atoms with E-state index in [2.05, 4.69) is 4.72 Å². The molecule has 1 fully saturated rings. The van der Waals surface area contributed by atoms with Crippen molar-refractivity contribution in [3.63, 3.8) is 0 Å². The molecule has 118 valence electrons. The molecule has 1 aromatic rings. The quantitative estimate of drug-likeness (QED) is 0.807. The summed E-state index contributed by atoms with van der Waals surface area (Å²) in [6.45, 7) is 1.35. The molecule has 0 atom stereocenters. The molecule has 0 amide bonds. The maximum absolute atomic E-state index is 12.3. The summed E-state index contributed by atoms with van der Waals surface area (Å²) < 4.78 is 34.1. The van der Waals surface area contributed by atoms with Gasteiger partial charge in [0.05, 0.1) is 7.11 Å². The average molecular weight is 313 g/mol.